The third-order valence-electron chi connectivity index (χ3n) is 4.50. The number of carbonyl (C=O) groups is 1. The van der Waals surface area contributed by atoms with E-state index in [1.54, 1.807) is 24.3 Å². The average Bonchev–Trinajstić information content (AvgIpc) is 2.75. The van der Waals surface area contributed by atoms with Crippen molar-refractivity contribution in [3.05, 3.63) is 58.6 Å². The zero-order valence-electron chi connectivity index (χ0n) is 17.3. The van der Waals surface area contributed by atoms with Crippen LogP contribution in [0, 0.1) is 10.1 Å². The van der Waals surface area contributed by atoms with Crippen LogP contribution in [0.3, 0.4) is 0 Å². The molecular formula is C21H29N5O5. The number of nitrogens with one attached hydrogen (secondary N) is 3. The molecule has 0 radical (unpaired) electrons. The molecule has 1 amide bonds. The Hall–Kier alpha value is -3.05. The number of amides is 1. The molecule has 0 saturated carbocycles. The normalized spacial score (nSPS) is 10.8. The van der Waals surface area contributed by atoms with Crippen LogP contribution in [0.25, 0.3) is 0 Å². The van der Waals surface area contributed by atoms with E-state index in [1.807, 2.05) is 23.1 Å². The van der Waals surface area contributed by atoms with Gasteiger partial charge in [0.1, 0.15) is 5.69 Å². The number of carbonyl (C=O) groups excluding carboxylic acids is 1. The summed E-state index contributed by atoms with van der Waals surface area (Å²) >= 11 is 0. The summed E-state index contributed by atoms with van der Waals surface area (Å²) in [6.07, 6.45) is 0.206. The quantitative estimate of drug-likeness (QED) is 0.172. The maximum absolute atomic E-state index is 12.2. The Kier molecular flexibility index (Phi) is 10.4. The fourth-order valence-electron chi connectivity index (χ4n) is 2.95. The van der Waals surface area contributed by atoms with Crippen molar-refractivity contribution in [2.24, 2.45) is 0 Å². The Morgan fingerprint density at radius 2 is 1.68 bits per heavy atom. The van der Waals surface area contributed by atoms with Crippen LogP contribution in [0.1, 0.15) is 6.42 Å². The summed E-state index contributed by atoms with van der Waals surface area (Å²) in [5.74, 6) is -0.256. The van der Waals surface area contributed by atoms with Crippen molar-refractivity contribution in [1.29, 1.82) is 0 Å². The summed E-state index contributed by atoms with van der Waals surface area (Å²) in [6, 6.07) is 13.6. The fourth-order valence-corrected chi connectivity index (χ4v) is 2.95. The number of anilines is 3. The molecule has 31 heavy (non-hydrogen) atoms. The number of aliphatic hydroxyl groups is 2. The van der Waals surface area contributed by atoms with Crippen LogP contribution in [0.4, 0.5) is 22.7 Å². The van der Waals surface area contributed by atoms with E-state index in [-0.39, 0.29) is 31.2 Å². The first kappa shape index (κ1) is 24.2. The number of nitrogens with zero attached hydrogens (tertiary/aromatic N) is 2. The largest absolute Gasteiger partial charge is 0.395 e. The second-order valence-corrected chi connectivity index (χ2v) is 6.82. The highest BCUT2D eigenvalue weighted by molar-refractivity contribution is 5.92. The summed E-state index contributed by atoms with van der Waals surface area (Å²) in [6.45, 7) is 2.70. The van der Waals surface area contributed by atoms with E-state index in [9.17, 15) is 14.9 Å². The topological polar surface area (TPSA) is 140 Å². The second-order valence-electron chi connectivity index (χ2n) is 6.82. The smallest absolute Gasteiger partial charge is 0.294 e. The molecule has 0 fully saturated rings. The standard InChI is InChI=1S/C21H29N5O5/c27-14-12-25(13-15-28)11-10-22-9-8-21(29)24-18-6-7-19(20(16-18)26(30)31)23-17-4-2-1-3-5-17/h1-7,16,22-23,27-28H,8-15H2,(H,24,29). The molecule has 2 rings (SSSR count). The van der Waals surface area contributed by atoms with Gasteiger partial charge in [-0.15, -0.1) is 0 Å². The van der Waals surface area contributed by atoms with E-state index in [4.69, 9.17) is 10.2 Å². The number of benzene rings is 2. The van der Waals surface area contributed by atoms with E-state index in [2.05, 4.69) is 16.0 Å². The van der Waals surface area contributed by atoms with E-state index < -0.39 is 4.92 Å². The van der Waals surface area contributed by atoms with E-state index in [0.717, 1.165) is 5.69 Å². The van der Waals surface area contributed by atoms with Crippen molar-refractivity contribution >= 4 is 28.7 Å². The Morgan fingerprint density at radius 3 is 2.32 bits per heavy atom. The monoisotopic (exact) mass is 431 g/mol. The number of hydrogen-bond acceptors (Lipinski definition) is 8. The van der Waals surface area contributed by atoms with Crippen molar-refractivity contribution in [3.63, 3.8) is 0 Å². The van der Waals surface area contributed by atoms with Gasteiger partial charge in [0, 0.05) is 56.6 Å². The number of nitro groups is 1. The van der Waals surface area contributed by atoms with Gasteiger partial charge in [-0.3, -0.25) is 19.8 Å². The van der Waals surface area contributed by atoms with Crippen molar-refractivity contribution in [1.82, 2.24) is 10.2 Å². The molecule has 0 aliphatic rings. The van der Waals surface area contributed by atoms with Crippen molar-refractivity contribution in [2.75, 3.05) is 56.6 Å². The molecule has 0 bridgehead atoms. The lowest BCUT2D eigenvalue weighted by atomic mass is 10.2. The minimum absolute atomic E-state index is 0.0220. The summed E-state index contributed by atoms with van der Waals surface area (Å²) in [7, 11) is 0. The van der Waals surface area contributed by atoms with Gasteiger partial charge in [0.2, 0.25) is 5.91 Å². The number of para-hydroxylation sites is 1. The molecule has 0 aliphatic carbocycles. The summed E-state index contributed by atoms with van der Waals surface area (Å²) in [4.78, 5) is 25.0. The molecule has 0 unspecified atom stereocenters. The predicted molar refractivity (Wildman–Crippen MR) is 120 cm³/mol. The average molecular weight is 431 g/mol. The lowest BCUT2D eigenvalue weighted by Crippen LogP contribution is -2.36. The van der Waals surface area contributed by atoms with Gasteiger partial charge in [0.05, 0.1) is 18.1 Å². The molecule has 0 heterocycles. The maximum Gasteiger partial charge on any atom is 0.294 e. The third-order valence-corrected chi connectivity index (χ3v) is 4.50. The molecule has 0 atom stereocenters. The van der Waals surface area contributed by atoms with Crippen LogP contribution < -0.4 is 16.0 Å². The maximum atomic E-state index is 12.2. The third kappa shape index (κ3) is 8.69. The van der Waals surface area contributed by atoms with Crippen LogP contribution in [-0.4, -0.2) is 71.9 Å². The Balaban J connectivity index is 1.83. The van der Waals surface area contributed by atoms with Gasteiger partial charge < -0.3 is 26.2 Å². The van der Waals surface area contributed by atoms with Gasteiger partial charge in [-0.1, -0.05) is 18.2 Å². The highest BCUT2D eigenvalue weighted by atomic mass is 16.6. The first-order chi connectivity index (χ1) is 15.0. The van der Waals surface area contributed by atoms with Crippen LogP contribution in [0.2, 0.25) is 0 Å². The predicted octanol–water partition coefficient (Wildman–Crippen LogP) is 1.54. The summed E-state index contributed by atoms with van der Waals surface area (Å²) in [5.41, 5.74) is 1.29. The van der Waals surface area contributed by atoms with E-state index in [1.165, 1.54) is 6.07 Å². The van der Waals surface area contributed by atoms with Gasteiger partial charge in [-0.2, -0.15) is 0 Å². The van der Waals surface area contributed by atoms with E-state index >= 15 is 0 Å². The van der Waals surface area contributed by atoms with Crippen LogP contribution in [-0.2, 0) is 4.79 Å². The molecule has 10 nitrogen and oxygen atoms in total. The highest BCUT2D eigenvalue weighted by Gasteiger charge is 2.16. The molecule has 5 N–H and O–H groups in total. The molecule has 10 heteroatoms. The molecule has 2 aromatic rings. The Bertz CT molecular complexity index is 828. The fraction of sp³-hybridized carbons (Fsp3) is 0.381. The molecule has 0 aliphatic heterocycles. The van der Waals surface area contributed by atoms with Crippen molar-refractivity contribution in [3.8, 4) is 0 Å². The molecule has 0 aromatic heterocycles. The zero-order chi connectivity index (χ0) is 22.5. The number of nitro benzene ring substituents is 1. The molecule has 168 valence electrons. The Morgan fingerprint density at radius 1 is 0.968 bits per heavy atom. The van der Waals surface area contributed by atoms with Crippen LogP contribution in [0.15, 0.2) is 48.5 Å². The molecule has 0 saturated heterocycles. The van der Waals surface area contributed by atoms with Gasteiger partial charge in [0.25, 0.3) is 5.69 Å². The second kappa shape index (κ2) is 13.3. The van der Waals surface area contributed by atoms with Gasteiger partial charge in [-0.25, -0.2) is 0 Å². The van der Waals surface area contributed by atoms with Crippen LogP contribution in [0.5, 0.6) is 0 Å². The minimum atomic E-state index is -0.493. The minimum Gasteiger partial charge on any atom is -0.395 e. The lowest BCUT2D eigenvalue weighted by molar-refractivity contribution is -0.383. The SMILES string of the molecule is O=C(CCNCCN(CCO)CCO)Nc1ccc(Nc2ccccc2)c([N+](=O)[O-])c1. The first-order valence-corrected chi connectivity index (χ1v) is 10.1. The summed E-state index contributed by atoms with van der Waals surface area (Å²) < 4.78 is 0. The van der Waals surface area contributed by atoms with Gasteiger partial charge >= 0.3 is 0 Å². The molecular weight excluding hydrogens is 402 g/mol. The summed E-state index contributed by atoms with van der Waals surface area (Å²) in [5, 5.41) is 38.2. The first-order valence-electron chi connectivity index (χ1n) is 10.1. The lowest BCUT2D eigenvalue weighted by Gasteiger charge is -2.20. The number of hydrogen-bond donors (Lipinski definition) is 5. The van der Waals surface area contributed by atoms with Crippen molar-refractivity contribution in [2.45, 2.75) is 6.42 Å². The Labute approximate surface area is 181 Å². The van der Waals surface area contributed by atoms with Crippen molar-refractivity contribution < 1.29 is 19.9 Å². The molecule has 2 aromatic carbocycles. The molecule has 0 spiro atoms. The zero-order valence-corrected chi connectivity index (χ0v) is 17.3. The number of aliphatic hydroxyl groups excluding tert-OH is 2. The van der Waals surface area contributed by atoms with Gasteiger partial charge in [-0.05, 0) is 24.3 Å². The number of rotatable bonds is 14. The highest BCUT2D eigenvalue weighted by Crippen LogP contribution is 2.30. The van der Waals surface area contributed by atoms with E-state index in [0.29, 0.717) is 44.1 Å². The van der Waals surface area contributed by atoms with Crippen LogP contribution >= 0.6 is 0 Å². The van der Waals surface area contributed by atoms with Gasteiger partial charge in [0.15, 0.2) is 0 Å².